The lowest BCUT2D eigenvalue weighted by Gasteiger charge is -2.37. The highest BCUT2D eigenvalue weighted by Crippen LogP contribution is 2.48. The molecular formula is C28H40O6Si. The Morgan fingerprint density at radius 1 is 0.886 bits per heavy atom. The highest BCUT2D eigenvalue weighted by Gasteiger charge is 2.39. The number of aliphatic hydroxyl groups excluding tert-OH is 1. The van der Waals surface area contributed by atoms with Gasteiger partial charge in [0.15, 0.2) is 17.2 Å². The minimum Gasteiger partial charge on any atom is -0.541 e. The lowest BCUT2D eigenvalue weighted by molar-refractivity contribution is 0.246. The quantitative estimate of drug-likeness (QED) is 0.442. The van der Waals surface area contributed by atoms with Gasteiger partial charge in [0.2, 0.25) is 5.75 Å². The Labute approximate surface area is 210 Å². The number of methoxy groups -OCH3 is 4. The Morgan fingerprint density at radius 2 is 1.54 bits per heavy atom. The van der Waals surface area contributed by atoms with E-state index in [0.717, 1.165) is 40.9 Å². The third-order valence-corrected chi connectivity index (χ3v) is 11.6. The third-order valence-electron chi connectivity index (χ3n) is 7.27. The van der Waals surface area contributed by atoms with E-state index >= 15 is 0 Å². The zero-order valence-electron chi connectivity index (χ0n) is 22.6. The van der Waals surface area contributed by atoms with Crippen LogP contribution in [0.1, 0.15) is 43.9 Å². The van der Waals surface area contributed by atoms with Gasteiger partial charge >= 0.3 is 0 Å². The van der Waals surface area contributed by atoms with Gasteiger partial charge in [0.25, 0.3) is 8.32 Å². The fourth-order valence-electron chi connectivity index (χ4n) is 4.19. The lowest BCUT2D eigenvalue weighted by Crippen LogP contribution is -2.43. The number of ether oxygens (including phenoxy) is 4. The molecule has 0 spiro atoms. The first-order valence-electron chi connectivity index (χ1n) is 12.0. The monoisotopic (exact) mass is 500 g/mol. The Hall–Kier alpha value is -2.64. The number of hydrogen-bond acceptors (Lipinski definition) is 6. The van der Waals surface area contributed by atoms with E-state index in [0.29, 0.717) is 23.0 Å². The van der Waals surface area contributed by atoms with E-state index in [9.17, 15) is 5.11 Å². The van der Waals surface area contributed by atoms with Crippen molar-refractivity contribution in [1.29, 1.82) is 0 Å². The molecular weight excluding hydrogens is 460 g/mol. The molecule has 0 fully saturated rings. The molecule has 3 rings (SSSR count). The molecule has 2 aromatic carbocycles. The molecule has 0 aliphatic heterocycles. The first kappa shape index (κ1) is 27.0. The van der Waals surface area contributed by atoms with Gasteiger partial charge in [0.05, 0.1) is 28.4 Å². The molecule has 1 aliphatic rings. The molecule has 1 aliphatic carbocycles. The van der Waals surface area contributed by atoms with Crippen LogP contribution in [0.4, 0.5) is 0 Å². The van der Waals surface area contributed by atoms with Gasteiger partial charge in [-0.2, -0.15) is 0 Å². The van der Waals surface area contributed by atoms with Crippen LogP contribution in [0, 0.1) is 5.92 Å². The molecule has 0 bridgehead atoms. The van der Waals surface area contributed by atoms with Crippen molar-refractivity contribution in [1.82, 2.24) is 0 Å². The first-order chi connectivity index (χ1) is 16.5. The maximum atomic E-state index is 10.1. The summed E-state index contributed by atoms with van der Waals surface area (Å²) in [7, 11) is 4.44. The number of rotatable bonds is 8. The van der Waals surface area contributed by atoms with Gasteiger partial charge < -0.3 is 28.5 Å². The smallest absolute Gasteiger partial charge is 0.250 e. The van der Waals surface area contributed by atoms with Crippen LogP contribution in [0.3, 0.4) is 0 Å². The number of fused-ring (bicyclic) bond motifs is 1. The largest absolute Gasteiger partial charge is 0.541 e. The predicted molar refractivity (Wildman–Crippen MR) is 143 cm³/mol. The lowest BCUT2D eigenvalue weighted by atomic mass is 9.92. The fraction of sp³-hybridized carbons (Fsp3) is 0.500. The van der Waals surface area contributed by atoms with Crippen molar-refractivity contribution >= 4 is 13.9 Å². The van der Waals surface area contributed by atoms with Crippen molar-refractivity contribution in [3.05, 3.63) is 47.0 Å². The average Bonchev–Trinajstić information content (AvgIpc) is 3.01. The van der Waals surface area contributed by atoms with Crippen LogP contribution in [0.5, 0.6) is 28.7 Å². The second kappa shape index (κ2) is 10.5. The first-order valence-corrected chi connectivity index (χ1v) is 14.9. The van der Waals surface area contributed by atoms with Crippen molar-refractivity contribution in [3.63, 3.8) is 0 Å². The molecule has 0 amide bonds. The second-order valence-electron chi connectivity index (χ2n) is 10.5. The Balaban J connectivity index is 2.24. The molecule has 1 N–H and O–H groups in total. The summed E-state index contributed by atoms with van der Waals surface area (Å²) in [5.74, 6) is 3.28. The van der Waals surface area contributed by atoms with E-state index in [4.69, 9.17) is 23.4 Å². The molecule has 0 radical (unpaired) electrons. The van der Waals surface area contributed by atoms with Crippen molar-refractivity contribution in [2.75, 3.05) is 35.0 Å². The van der Waals surface area contributed by atoms with Crippen molar-refractivity contribution < 1.29 is 28.5 Å². The van der Waals surface area contributed by atoms with Gasteiger partial charge in [-0.1, -0.05) is 32.9 Å². The summed E-state index contributed by atoms with van der Waals surface area (Å²) in [6, 6.07) is 8.05. The second-order valence-corrected chi connectivity index (χ2v) is 15.2. The van der Waals surface area contributed by atoms with Crippen LogP contribution in [0.25, 0.3) is 5.57 Å². The molecule has 1 atom stereocenters. The zero-order chi connectivity index (χ0) is 26.0. The molecule has 2 aromatic rings. The van der Waals surface area contributed by atoms with Gasteiger partial charge in [-0.25, -0.2) is 0 Å². The van der Waals surface area contributed by atoms with Crippen LogP contribution in [-0.4, -0.2) is 48.5 Å². The van der Waals surface area contributed by atoms with E-state index < -0.39 is 8.32 Å². The number of benzene rings is 2. The van der Waals surface area contributed by atoms with E-state index in [-0.39, 0.29) is 17.6 Å². The summed E-state index contributed by atoms with van der Waals surface area (Å²) in [6.07, 6.45) is 3.69. The Bertz CT molecular complexity index is 1080. The predicted octanol–water partition coefficient (Wildman–Crippen LogP) is 6.09. The Kier molecular flexibility index (Phi) is 8.12. The highest BCUT2D eigenvalue weighted by atomic mass is 28.4. The normalized spacial score (nSPS) is 16.1. The Morgan fingerprint density at radius 3 is 2.09 bits per heavy atom. The fourth-order valence-corrected chi connectivity index (χ4v) is 5.21. The van der Waals surface area contributed by atoms with E-state index in [1.165, 1.54) is 0 Å². The molecule has 192 valence electrons. The molecule has 0 saturated heterocycles. The topological polar surface area (TPSA) is 66.4 Å². The van der Waals surface area contributed by atoms with E-state index in [2.05, 4.69) is 46.0 Å². The summed E-state index contributed by atoms with van der Waals surface area (Å²) in [5.41, 5.74) is 4.02. The minimum absolute atomic E-state index is 0.00552. The van der Waals surface area contributed by atoms with Crippen LogP contribution in [0.2, 0.25) is 18.1 Å². The molecule has 0 heterocycles. The SMILES string of the molecule is COc1ccc(C2=CC(CO)CCc3c2cc(OC)c(OC)c3OC)cc1O[Si](C)(C)C(C)(C)C. The third kappa shape index (κ3) is 5.31. The van der Waals surface area contributed by atoms with Gasteiger partial charge in [0, 0.05) is 18.1 Å². The van der Waals surface area contributed by atoms with Crippen molar-refractivity contribution in [2.45, 2.75) is 51.7 Å². The molecule has 6 nitrogen and oxygen atoms in total. The van der Waals surface area contributed by atoms with E-state index in [1.807, 2.05) is 18.2 Å². The summed E-state index contributed by atoms with van der Waals surface area (Å²) in [6.45, 7) is 11.2. The molecule has 7 heteroatoms. The van der Waals surface area contributed by atoms with E-state index in [1.54, 1.807) is 28.4 Å². The molecule has 1 unspecified atom stereocenters. The minimum atomic E-state index is -2.11. The summed E-state index contributed by atoms with van der Waals surface area (Å²) < 4.78 is 29.5. The average molecular weight is 501 g/mol. The summed E-state index contributed by atoms with van der Waals surface area (Å²) >= 11 is 0. The van der Waals surface area contributed by atoms with Crippen LogP contribution in [-0.2, 0) is 6.42 Å². The molecule has 35 heavy (non-hydrogen) atoms. The number of hydrogen-bond donors (Lipinski definition) is 1. The van der Waals surface area contributed by atoms with Crippen LogP contribution >= 0.6 is 0 Å². The van der Waals surface area contributed by atoms with Gasteiger partial charge in [-0.3, -0.25) is 0 Å². The zero-order valence-corrected chi connectivity index (χ0v) is 23.6. The van der Waals surface area contributed by atoms with Gasteiger partial charge in [0.1, 0.15) is 5.75 Å². The van der Waals surface area contributed by atoms with Crippen molar-refractivity contribution in [2.24, 2.45) is 5.92 Å². The van der Waals surface area contributed by atoms with Gasteiger partial charge in [-0.05, 0) is 65.9 Å². The number of aliphatic hydroxyl groups is 1. The summed E-state index contributed by atoms with van der Waals surface area (Å²) in [5, 5.41) is 10.1. The maximum absolute atomic E-state index is 10.1. The highest BCUT2D eigenvalue weighted by molar-refractivity contribution is 6.74. The molecule has 0 saturated carbocycles. The summed E-state index contributed by atoms with van der Waals surface area (Å²) in [4.78, 5) is 0. The van der Waals surface area contributed by atoms with Gasteiger partial charge in [-0.15, -0.1) is 0 Å². The standard InChI is InChI=1S/C28H40O6Si/c1-28(2,3)35(8,9)34-24-15-19(11-13-23(24)30-4)21-14-18(17-29)10-12-20-22(21)16-25(31-5)27(33-7)26(20)32-6/h11,13-16,18,29H,10,12,17H2,1-9H3. The maximum Gasteiger partial charge on any atom is 0.250 e. The van der Waals surface area contributed by atoms with Crippen molar-refractivity contribution in [3.8, 4) is 28.7 Å². The van der Waals surface area contributed by atoms with Crippen LogP contribution in [0.15, 0.2) is 30.3 Å². The van der Waals surface area contributed by atoms with Crippen LogP contribution < -0.4 is 23.4 Å². The molecule has 0 aromatic heterocycles.